The first-order chi connectivity index (χ1) is 6.88. The minimum Gasteiger partial charge on any atom is -0.378 e. The highest BCUT2D eigenvalue weighted by Gasteiger charge is 2.29. The van der Waals surface area contributed by atoms with Crippen LogP contribution in [0.3, 0.4) is 0 Å². The summed E-state index contributed by atoms with van der Waals surface area (Å²) in [6, 6.07) is 2.40. The van der Waals surface area contributed by atoms with Gasteiger partial charge in [0.1, 0.15) is 12.1 Å². The zero-order valence-electron chi connectivity index (χ0n) is 8.31. The fourth-order valence-electron chi connectivity index (χ4n) is 1.64. The van der Waals surface area contributed by atoms with Crippen molar-refractivity contribution in [2.24, 2.45) is 0 Å². The maximum absolute atomic E-state index is 5.47. The van der Waals surface area contributed by atoms with Crippen LogP contribution in [-0.2, 0) is 4.74 Å². The normalized spacial score (nSPS) is 25.5. The van der Waals surface area contributed by atoms with Crippen LogP contribution >= 0.6 is 0 Å². The molecule has 1 aromatic heterocycles. The Labute approximate surface area is 83.7 Å². The molecule has 0 bridgehead atoms. The van der Waals surface area contributed by atoms with Gasteiger partial charge in [0.05, 0.1) is 6.10 Å². The predicted molar refractivity (Wildman–Crippen MR) is 54.1 cm³/mol. The quantitative estimate of drug-likeness (QED) is 0.786. The number of aromatic nitrogens is 2. The van der Waals surface area contributed by atoms with Crippen LogP contribution in [0.5, 0.6) is 0 Å². The van der Waals surface area contributed by atoms with Crippen LogP contribution in [-0.4, -0.2) is 28.7 Å². The summed E-state index contributed by atoms with van der Waals surface area (Å²) >= 11 is 0. The molecule has 0 radical (unpaired) electrons. The van der Waals surface area contributed by atoms with E-state index in [4.69, 9.17) is 4.74 Å². The van der Waals surface area contributed by atoms with E-state index in [1.165, 1.54) is 0 Å². The van der Waals surface area contributed by atoms with Gasteiger partial charge in [-0.3, -0.25) is 0 Å². The topological polar surface area (TPSA) is 47.0 Å². The van der Waals surface area contributed by atoms with Gasteiger partial charge in [0, 0.05) is 18.8 Å². The van der Waals surface area contributed by atoms with Gasteiger partial charge in [-0.15, -0.1) is 0 Å². The van der Waals surface area contributed by atoms with Gasteiger partial charge in [-0.25, -0.2) is 9.97 Å². The molecule has 2 rings (SSSR count). The minimum absolute atomic E-state index is 0.444. The van der Waals surface area contributed by atoms with Gasteiger partial charge in [0.2, 0.25) is 0 Å². The van der Waals surface area contributed by atoms with Crippen molar-refractivity contribution < 1.29 is 4.74 Å². The molecule has 14 heavy (non-hydrogen) atoms. The summed E-state index contributed by atoms with van der Waals surface area (Å²) < 4.78 is 5.47. The van der Waals surface area contributed by atoms with Crippen LogP contribution in [0.25, 0.3) is 0 Å². The van der Waals surface area contributed by atoms with Crippen LogP contribution < -0.4 is 5.32 Å². The molecule has 1 N–H and O–H groups in total. The summed E-state index contributed by atoms with van der Waals surface area (Å²) in [6.07, 6.45) is 5.91. The molecule has 0 spiro atoms. The summed E-state index contributed by atoms with van der Waals surface area (Å²) in [5, 5.41) is 3.34. The Morgan fingerprint density at radius 2 is 2.43 bits per heavy atom. The Hall–Kier alpha value is -1.16. The third-order valence-corrected chi connectivity index (χ3v) is 2.43. The molecule has 0 amide bonds. The second kappa shape index (κ2) is 4.37. The van der Waals surface area contributed by atoms with E-state index in [0.29, 0.717) is 12.1 Å². The molecule has 1 aromatic rings. The highest BCUT2D eigenvalue weighted by atomic mass is 16.5. The Morgan fingerprint density at radius 3 is 3.07 bits per heavy atom. The molecular formula is C10H15N3O. The van der Waals surface area contributed by atoms with Crippen molar-refractivity contribution in [1.29, 1.82) is 0 Å². The average molecular weight is 193 g/mol. The zero-order valence-corrected chi connectivity index (χ0v) is 8.31. The molecule has 1 saturated carbocycles. The lowest BCUT2D eigenvalue weighted by Crippen LogP contribution is -2.40. The van der Waals surface area contributed by atoms with E-state index in [0.717, 1.165) is 25.3 Å². The van der Waals surface area contributed by atoms with E-state index in [1.807, 2.05) is 13.0 Å². The first-order valence-corrected chi connectivity index (χ1v) is 5.02. The molecule has 4 heteroatoms. The fourth-order valence-corrected chi connectivity index (χ4v) is 1.64. The largest absolute Gasteiger partial charge is 0.378 e. The molecule has 1 aliphatic rings. The molecular weight excluding hydrogens is 178 g/mol. The number of anilines is 1. The van der Waals surface area contributed by atoms with Crippen LogP contribution in [0.15, 0.2) is 18.6 Å². The monoisotopic (exact) mass is 193 g/mol. The molecule has 76 valence electrons. The Morgan fingerprint density at radius 1 is 1.57 bits per heavy atom. The molecule has 0 aromatic carbocycles. The minimum atomic E-state index is 0.444. The highest BCUT2D eigenvalue weighted by Crippen LogP contribution is 2.25. The lowest BCUT2D eigenvalue weighted by molar-refractivity contribution is 0.00292. The summed E-state index contributed by atoms with van der Waals surface area (Å²) in [4.78, 5) is 7.97. The van der Waals surface area contributed by atoms with Crippen molar-refractivity contribution in [2.45, 2.75) is 31.9 Å². The summed E-state index contributed by atoms with van der Waals surface area (Å²) in [7, 11) is 0. The van der Waals surface area contributed by atoms with Crippen molar-refractivity contribution in [2.75, 3.05) is 11.9 Å². The second-order valence-corrected chi connectivity index (χ2v) is 3.48. The average Bonchev–Trinajstić information content (AvgIpc) is 2.16. The number of hydrogen-bond acceptors (Lipinski definition) is 4. The first-order valence-electron chi connectivity index (χ1n) is 5.02. The van der Waals surface area contributed by atoms with E-state index in [2.05, 4.69) is 15.3 Å². The van der Waals surface area contributed by atoms with Gasteiger partial charge >= 0.3 is 0 Å². The number of hydrogen-bond donors (Lipinski definition) is 1. The van der Waals surface area contributed by atoms with Crippen molar-refractivity contribution in [3.63, 3.8) is 0 Å². The first kappa shape index (κ1) is 9.40. The number of nitrogens with zero attached hydrogens (tertiary/aromatic N) is 2. The number of rotatable bonds is 4. The van der Waals surface area contributed by atoms with Gasteiger partial charge in [-0.2, -0.15) is 0 Å². The smallest absolute Gasteiger partial charge is 0.129 e. The van der Waals surface area contributed by atoms with E-state index < -0.39 is 0 Å². The van der Waals surface area contributed by atoms with Crippen LogP contribution in [0, 0.1) is 0 Å². The maximum Gasteiger partial charge on any atom is 0.129 e. The Balaban J connectivity index is 1.74. The molecule has 1 aliphatic carbocycles. The summed E-state index contributed by atoms with van der Waals surface area (Å²) in [5.41, 5.74) is 0. The number of nitrogens with one attached hydrogen (secondary N) is 1. The SMILES string of the molecule is CCOC1CC(Nc2ccncn2)C1. The third-order valence-electron chi connectivity index (χ3n) is 2.43. The second-order valence-electron chi connectivity index (χ2n) is 3.48. The third kappa shape index (κ3) is 2.20. The summed E-state index contributed by atoms with van der Waals surface area (Å²) in [5.74, 6) is 0.903. The van der Waals surface area contributed by atoms with Crippen LogP contribution in [0.2, 0.25) is 0 Å². The van der Waals surface area contributed by atoms with Gasteiger partial charge in [-0.05, 0) is 25.8 Å². The van der Waals surface area contributed by atoms with Crippen molar-refractivity contribution in [1.82, 2.24) is 9.97 Å². The fraction of sp³-hybridized carbons (Fsp3) is 0.600. The van der Waals surface area contributed by atoms with E-state index >= 15 is 0 Å². The van der Waals surface area contributed by atoms with E-state index in [-0.39, 0.29) is 0 Å². The molecule has 0 unspecified atom stereocenters. The van der Waals surface area contributed by atoms with Crippen LogP contribution in [0.4, 0.5) is 5.82 Å². The lowest BCUT2D eigenvalue weighted by Gasteiger charge is -2.35. The maximum atomic E-state index is 5.47. The van der Waals surface area contributed by atoms with Crippen LogP contribution in [0.1, 0.15) is 19.8 Å². The van der Waals surface area contributed by atoms with Crippen molar-refractivity contribution in [3.8, 4) is 0 Å². The van der Waals surface area contributed by atoms with Gasteiger partial charge < -0.3 is 10.1 Å². The molecule has 4 nitrogen and oxygen atoms in total. The Bertz CT molecular complexity index is 272. The van der Waals surface area contributed by atoms with Gasteiger partial charge in [0.15, 0.2) is 0 Å². The standard InChI is InChI=1S/C10H15N3O/c1-2-14-9-5-8(6-9)13-10-3-4-11-7-12-10/h3-4,7-9H,2,5-6H2,1H3,(H,11,12,13). The zero-order chi connectivity index (χ0) is 9.80. The van der Waals surface area contributed by atoms with Crippen molar-refractivity contribution in [3.05, 3.63) is 18.6 Å². The number of ether oxygens (including phenoxy) is 1. The molecule has 0 aliphatic heterocycles. The van der Waals surface area contributed by atoms with Crippen molar-refractivity contribution >= 4 is 5.82 Å². The highest BCUT2D eigenvalue weighted by molar-refractivity contribution is 5.33. The molecule has 1 fully saturated rings. The summed E-state index contributed by atoms with van der Waals surface area (Å²) in [6.45, 7) is 2.84. The van der Waals surface area contributed by atoms with Gasteiger partial charge in [0.25, 0.3) is 0 Å². The molecule has 1 heterocycles. The molecule has 0 saturated heterocycles. The van der Waals surface area contributed by atoms with E-state index in [1.54, 1.807) is 12.5 Å². The predicted octanol–water partition coefficient (Wildman–Crippen LogP) is 1.46. The van der Waals surface area contributed by atoms with E-state index in [9.17, 15) is 0 Å². The lowest BCUT2D eigenvalue weighted by atomic mass is 9.89. The Kier molecular flexibility index (Phi) is 2.93. The van der Waals surface area contributed by atoms with Gasteiger partial charge in [-0.1, -0.05) is 0 Å². The molecule has 0 atom stereocenters.